The van der Waals surface area contributed by atoms with Crippen LogP contribution in [0, 0.1) is 5.92 Å². The first-order chi connectivity index (χ1) is 12.5. The van der Waals surface area contributed by atoms with E-state index >= 15 is 0 Å². The molecule has 0 bridgehead atoms. The van der Waals surface area contributed by atoms with Gasteiger partial charge >= 0.3 is 0 Å². The summed E-state index contributed by atoms with van der Waals surface area (Å²) in [5.74, 6) is 1.42. The fourth-order valence-corrected chi connectivity index (χ4v) is 4.27. The van der Waals surface area contributed by atoms with E-state index in [2.05, 4.69) is 22.5 Å². The van der Waals surface area contributed by atoms with Crippen molar-refractivity contribution in [3.05, 3.63) is 34.3 Å². The molecule has 1 heterocycles. The Hall–Kier alpha value is -2.19. The fourth-order valence-electron chi connectivity index (χ4n) is 2.84. The lowest BCUT2D eigenvalue weighted by Crippen LogP contribution is -2.34. The van der Waals surface area contributed by atoms with Crippen molar-refractivity contribution in [2.24, 2.45) is 5.92 Å². The predicted octanol–water partition coefficient (Wildman–Crippen LogP) is 3.41. The molecule has 0 spiro atoms. The molecule has 6 nitrogen and oxygen atoms in total. The minimum absolute atomic E-state index is 0.218. The number of amides is 1. The van der Waals surface area contributed by atoms with Crippen LogP contribution in [0.4, 0.5) is 5.13 Å². The standard InChI is InChI=1S/C18H21N3O3S2/c1-10-4-5-14-15(6-10)26-18(19-14)21-17(25)20-16(22)11-7-12(23-2)9-13(8-11)24-3/h7-10H,4-6H2,1-3H3,(H2,19,20,21,22,25). The van der Waals surface area contributed by atoms with Gasteiger partial charge in [-0.25, -0.2) is 4.98 Å². The highest BCUT2D eigenvalue weighted by atomic mass is 32.1. The minimum Gasteiger partial charge on any atom is -0.497 e. The number of hydrogen-bond acceptors (Lipinski definition) is 6. The second-order valence-corrected chi connectivity index (χ2v) is 7.74. The van der Waals surface area contributed by atoms with Gasteiger partial charge < -0.3 is 14.8 Å². The van der Waals surface area contributed by atoms with Gasteiger partial charge in [0.2, 0.25) is 0 Å². The van der Waals surface area contributed by atoms with Crippen molar-refractivity contribution >= 4 is 39.7 Å². The lowest BCUT2D eigenvalue weighted by atomic mass is 9.93. The molecule has 0 aliphatic heterocycles. The van der Waals surface area contributed by atoms with E-state index in [9.17, 15) is 4.79 Å². The van der Waals surface area contributed by atoms with E-state index in [1.54, 1.807) is 29.5 Å². The Labute approximate surface area is 161 Å². The summed E-state index contributed by atoms with van der Waals surface area (Å²) < 4.78 is 10.4. The van der Waals surface area contributed by atoms with E-state index in [4.69, 9.17) is 21.7 Å². The van der Waals surface area contributed by atoms with Crippen LogP contribution in [0.3, 0.4) is 0 Å². The Kier molecular flexibility index (Phi) is 5.73. The van der Waals surface area contributed by atoms with Crippen LogP contribution < -0.4 is 20.1 Å². The molecule has 1 aromatic heterocycles. The number of nitrogens with zero attached hydrogens (tertiary/aromatic N) is 1. The van der Waals surface area contributed by atoms with Gasteiger partial charge in [0.15, 0.2) is 10.2 Å². The van der Waals surface area contributed by atoms with Crippen molar-refractivity contribution in [3.63, 3.8) is 0 Å². The number of anilines is 1. The molecule has 26 heavy (non-hydrogen) atoms. The van der Waals surface area contributed by atoms with Gasteiger partial charge in [-0.3, -0.25) is 10.1 Å². The third-order valence-corrected chi connectivity index (χ3v) is 5.49. The largest absolute Gasteiger partial charge is 0.497 e. The van der Waals surface area contributed by atoms with Crippen molar-refractivity contribution < 1.29 is 14.3 Å². The highest BCUT2D eigenvalue weighted by molar-refractivity contribution is 7.80. The van der Waals surface area contributed by atoms with Crippen LogP contribution in [-0.2, 0) is 12.8 Å². The Bertz CT molecular complexity index is 813. The Balaban J connectivity index is 1.66. The molecule has 1 atom stereocenters. The maximum absolute atomic E-state index is 12.5. The Morgan fingerprint density at radius 3 is 2.62 bits per heavy atom. The SMILES string of the molecule is COc1cc(OC)cc(C(=O)NC(=S)Nc2nc3c(s2)CC(C)CC3)c1. The Morgan fingerprint density at radius 2 is 1.96 bits per heavy atom. The first kappa shape index (κ1) is 18.6. The normalized spacial score (nSPS) is 15.7. The molecule has 0 saturated carbocycles. The van der Waals surface area contributed by atoms with Crippen LogP contribution in [0.25, 0.3) is 0 Å². The number of methoxy groups -OCH3 is 2. The summed E-state index contributed by atoms with van der Waals surface area (Å²) in [6.45, 7) is 2.25. The van der Waals surface area contributed by atoms with Gasteiger partial charge in [0, 0.05) is 16.5 Å². The van der Waals surface area contributed by atoms with E-state index < -0.39 is 0 Å². The molecule has 0 fully saturated rings. The van der Waals surface area contributed by atoms with Crippen molar-refractivity contribution in [1.82, 2.24) is 10.3 Å². The second kappa shape index (κ2) is 8.01. The van der Waals surface area contributed by atoms with Crippen molar-refractivity contribution in [3.8, 4) is 11.5 Å². The maximum Gasteiger partial charge on any atom is 0.257 e. The monoisotopic (exact) mass is 391 g/mol. The molecule has 1 amide bonds. The second-order valence-electron chi connectivity index (χ2n) is 6.25. The number of aromatic nitrogens is 1. The highest BCUT2D eigenvalue weighted by Crippen LogP contribution is 2.32. The zero-order chi connectivity index (χ0) is 18.7. The van der Waals surface area contributed by atoms with E-state index in [1.807, 2.05) is 0 Å². The van der Waals surface area contributed by atoms with Gasteiger partial charge in [0.25, 0.3) is 5.91 Å². The van der Waals surface area contributed by atoms with Crippen LogP contribution in [0.1, 0.15) is 34.3 Å². The van der Waals surface area contributed by atoms with Crippen LogP contribution in [-0.4, -0.2) is 30.2 Å². The van der Waals surface area contributed by atoms with Gasteiger partial charge in [-0.15, -0.1) is 11.3 Å². The summed E-state index contributed by atoms with van der Waals surface area (Å²) in [6, 6.07) is 4.96. The molecule has 2 N–H and O–H groups in total. The van der Waals surface area contributed by atoms with E-state index in [1.165, 1.54) is 19.1 Å². The fraction of sp³-hybridized carbons (Fsp3) is 0.389. The van der Waals surface area contributed by atoms with Crippen LogP contribution >= 0.6 is 23.6 Å². The molecule has 1 unspecified atom stereocenters. The number of ether oxygens (including phenoxy) is 2. The number of fused-ring (bicyclic) bond motifs is 1. The van der Waals surface area contributed by atoms with E-state index in [0.717, 1.165) is 30.1 Å². The topological polar surface area (TPSA) is 72.5 Å². The molecule has 1 aromatic carbocycles. The Morgan fingerprint density at radius 1 is 1.27 bits per heavy atom. The zero-order valence-electron chi connectivity index (χ0n) is 14.9. The lowest BCUT2D eigenvalue weighted by molar-refractivity contribution is 0.0977. The number of aryl methyl sites for hydroxylation is 1. The van der Waals surface area contributed by atoms with Gasteiger partial charge in [-0.1, -0.05) is 6.92 Å². The quantitative estimate of drug-likeness (QED) is 0.778. The number of thiazole rings is 1. The number of rotatable bonds is 4. The summed E-state index contributed by atoms with van der Waals surface area (Å²) in [6.07, 6.45) is 3.21. The maximum atomic E-state index is 12.5. The third kappa shape index (κ3) is 4.31. The lowest BCUT2D eigenvalue weighted by Gasteiger charge is -2.15. The van der Waals surface area contributed by atoms with E-state index in [-0.39, 0.29) is 11.0 Å². The summed E-state index contributed by atoms with van der Waals surface area (Å²) in [7, 11) is 3.07. The molecule has 2 aromatic rings. The first-order valence-corrected chi connectivity index (χ1v) is 9.55. The summed E-state index contributed by atoms with van der Waals surface area (Å²) in [5, 5.41) is 6.63. The zero-order valence-corrected chi connectivity index (χ0v) is 16.6. The number of nitrogens with one attached hydrogen (secondary N) is 2. The van der Waals surface area contributed by atoms with Crippen molar-refractivity contribution in [2.45, 2.75) is 26.2 Å². The molecular formula is C18H21N3O3S2. The number of hydrogen-bond donors (Lipinski definition) is 2. The van der Waals surface area contributed by atoms with Crippen LogP contribution in [0.2, 0.25) is 0 Å². The molecule has 3 rings (SSSR count). The van der Waals surface area contributed by atoms with Crippen molar-refractivity contribution in [2.75, 3.05) is 19.5 Å². The van der Waals surface area contributed by atoms with Gasteiger partial charge in [0.1, 0.15) is 11.5 Å². The number of carbonyl (C=O) groups excluding carboxylic acids is 1. The predicted molar refractivity (Wildman–Crippen MR) is 107 cm³/mol. The van der Waals surface area contributed by atoms with E-state index in [0.29, 0.717) is 23.0 Å². The molecule has 1 aliphatic carbocycles. The van der Waals surface area contributed by atoms with Gasteiger partial charge in [0.05, 0.1) is 19.9 Å². The first-order valence-electron chi connectivity index (χ1n) is 8.32. The molecule has 0 radical (unpaired) electrons. The minimum atomic E-state index is -0.338. The van der Waals surface area contributed by atoms with Crippen LogP contribution in [0.5, 0.6) is 11.5 Å². The molecule has 0 saturated heterocycles. The number of benzene rings is 1. The van der Waals surface area contributed by atoms with Crippen LogP contribution in [0.15, 0.2) is 18.2 Å². The van der Waals surface area contributed by atoms with Crippen molar-refractivity contribution in [1.29, 1.82) is 0 Å². The van der Waals surface area contributed by atoms with Gasteiger partial charge in [-0.05, 0) is 49.5 Å². The molecule has 1 aliphatic rings. The smallest absolute Gasteiger partial charge is 0.257 e. The summed E-state index contributed by atoms with van der Waals surface area (Å²) in [4.78, 5) is 18.3. The molecule has 8 heteroatoms. The number of carbonyl (C=O) groups is 1. The third-order valence-electron chi connectivity index (χ3n) is 4.25. The summed E-state index contributed by atoms with van der Waals surface area (Å²) >= 11 is 6.86. The molecule has 138 valence electrons. The average molecular weight is 392 g/mol. The summed E-state index contributed by atoms with van der Waals surface area (Å²) in [5.41, 5.74) is 1.54. The average Bonchev–Trinajstić information content (AvgIpc) is 3.02. The van der Waals surface area contributed by atoms with Gasteiger partial charge in [-0.2, -0.15) is 0 Å². The number of thiocarbonyl (C=S) groups is 1. The highest BCUT2D eigenvalue weighted by Gasteiger charge is 2.20. The molecular weight excluding hydrogens is 370 g/mol.